The number of ether oxygens (including phenoxy) is 1. The van der Waals surface area contributed by atoms with E-state index in [4.69, 9.17) is 9.84 Å². The molecule has 0 aliphatic carbocycles. The fourth-order valence-electron chi connectivity index (χ4n) is 5.22. The van der Waals surface area contributed by atoms with Crippen LogP contribution in [-0.4, -0.2) is 74.6 Å². The fourth-order valence-corrected chi connectivity index (χ4v) is 6.76. The lowest BCUT2D eigenvalue weighted by Crippen LogP contribution is -2.61. The number of benzene rings is 2. The number of halogens is 4. The van der Waals surface area contributed by atoms with E-state index < -0.39 is 50.4 Å². The van der Waals surface area contributed by atoms with Crippen LogP contribution in [0.3, 0.4) is 0 Å². The minimum absolute atomic E-state index is 0.0387. The van der Waals surface area contributed by atoms with Crippen molar-refractivity contribution in [3.63, 3.8) is 0 Å². The van der Waals surface area contributed by atoms with E-state index in [9.17, 15) is 35.6 Å². The molecule has 3 aromatic rings. The molecule has 3 heterocycles. The number of aliphatic carboxylic acids is 1. The molecule has 1 amide bonds. The predicted molar refractivity (Wildman–Crippen MR) is 147 cm³/mol. The van der Waals surface area contributed by atoms with E-state index in [2.05, 4.69) is 4.98 Å². The molecule has 1 atom stereocenters. The summed E-state index contributed by atoms with van der Waals surface area (Å²) >= 11 is 0. The van der Waals surface area contributed by atoms with E-state index in [0.717, 1.165) is 22.5 Å². The number of rotatable bonds is 7. The van der Waals surface area contributed by atoms with Crippen molar-refractivity contribution < 1.29 is 45.4 Å². The van der Waals surface area contributed by atoms with Gasteiger partial charge in [-0.05, 0) is 42.0 Å². The topological polar surface area (TPSA) is 120 Å². The SMILES string of the molecule is COc1cc(F)cc(-c2cnc3c(c2)N(S(=O)(=O)c2cccc(C(F)(F)F)c2)C[C@@H]2CN(C(=O)CCC(=O)O)CCN32)c1. The van der Waals surface area contributed by atoms with Crippen LogP contribution in [0.15, 0.2) is 59.6 Å². The molecule has 0 radical (unpaired) electrons. The summed E-state index contributed by atoms with van der Waals surface area (Å²) < 4.78 is 88.8. The first-order valence-electron chi connectivity index (χ1n) is 13.1. The maximum absolute atomic E-state index is 14.3. The van der Waals surface area contributed by atoms with Gasteiger partial charge in [0.05, 0.1) is 42.3 Å². The summed E-state index contributed by atoms with van der Waals surface area (Å²) in [6.45, 7) is 0.260. The Morgan fingerprint density at radius 2 is 1.81 bits per heavy atom. The molecule has 0 bridgehead atoms. The molecule has 1 aromatic heterocycles. The van der Waals surface area contributed by atoms with Gasteiger partial charge in [0.25, 0.3) is 10.0 Å². The van der Waals surface area contributed by atoms with Crippen molar-refractivity contribution in [2.75, 3.05) is 42.5 Å². The molecular weight excluding hydrogens is 596 g/mol. The maximum Gasteiger partial charge on any atom is 0.416 e. The third-order valence-electron chi connectivity index (χ3n) is 7.34. The standard InChI is InChI=1S/C28H26F4N4O6S/c1-42-22-10-17(9-20(29)13-22)18-11-24-27(33-14-18)35-8-7-34(25(37)5-6-26(38)39)15-21(35)16-36(24)43(40,41)23-4-2-3-19(12-23)28(30,31)32/h2-4,9-14,21H,5-8,15-16H2,1H3,(H,38,39)/t21-/m0/s1. The van der Waals surface area contributed by atoms with E-state index in [1.165, 1.54) is 42.5 Å². The number of amides is 1. The zero-order valence-electron chi connectivity index (χ0n) is 22.7. The second-order valence-corrected chi connectivity index (χ2v) is 12.0. The number of hydrogen-bond donors (Lipinski definition) is 1. The number of pyridine rings is 1. The quantitative estimate of drug-likeness (QED) is 0.393. The summed E-state index contributed by atoms with van der Waals surface area (Å²) in [6.07, 6.45) is -3.95. The van der Waals surface area contributed by atoms with Gasteiger partial charge in [-0.15, -0.1) is 0 Å². The van der Waals surface area contributed by atoms with Crippen molar-refractivity contribution in [2.45, 2.75) is 30.0 Å². The van der Waals surface area contributed by atoms with Gasteiger partial charge in [0, 0.05) is 43.9 Å². The van der Waals surface area contributed by atoms with Crippen LogP contribution in [0.4, 0.5) is 29.1 Å². The predicted octanol–water partition coefficient (Wildman–Crippen LogP) is 4.01. The summed E-state index contributed by atoms with van der Waals surface area (Å²) in [5.41, 5.74) is -0.402. The molecular formula is C28H26F4N4O6S. The summed E-state index contributed by atoms with van der Waals surface area (Å²) in [5.74, 6) is -1.72. The van der Waals surface area contributed by atoms with Crippen molar-refractivity contribution in [1.82, 2.24) is 9.88 Å². The second-order valence-electron chi connectivity index (χ2n) is 10.1. The van der Waals surface area contributed by atoms with Gasteiger partial charge in [0.15, 0.2) is 5.82 Å². The Morgan fingerprint density at radius 1 is 1.05 bits per heavy atom. The number of sulfonamides is 1. The van der Waals surface area contributed by atoms with Crippen molar-refractivity contribution in [2.24, 2.45) is 0 Å². The molecule has 0 saturated carbocycles. The van der Waals surface area contributed by atoms with Crippen molar-refractivity contribution >= 4 is 33.4 Å². The van der Waals surface area contributed by atoms with Crippen LogP contribution in [0.1, 0.15) is 18.4 Å². The van der Waals surface area contributed by atoms with Gasteiger partial charge in [-0.3, -0.25) is 13.9 Å². The first kappa shape index (κ1) is 30.1. The number of alkyl halides is 3. The van der Waals surface area contributed by atoms with Crippen LogP contribution in [0.5, 0.6) is 5.75 Å². The Labute approximate surface area is 244 Å². The molecule has 2 aliphatic heterocycles. The van der Waals surface area contributed by atoms with Gasteiger partial charge in [0.1, 0.15) is 11.6 Å². The number of anilines is 2. The van der Waals surface area contributed by atoms with Gasteiger partial charge < -0.3 is 19.6 Å². The fraction of sp³-hybridized carbons (Fsp3) is 0.321. The van der Waals surface area contributed by atoms with Gasteiger partial charge in [-0.1, -0.05) is 6.07 Å². The number of piperazine rings is 1. The highest BCUT2D eigenvalue weighted by molar-refractivity contribution is 7.92. The number of carbonyl (C=O) groups excluding carboxylic acids is 1. The van der Waals surface area contributed by atoms with Crippen LogP contribution in [-0.2, 0) is 25.8 Å². The van der Waals surface area contributed by atoms with Crippen LogP contribution in [0.25, 0.3) is 11.1 Å². The number of aromatic nitrogens is 1. The number of fused-ring (bicyclic) bond motifs is 3. The third kappa shape index (κ3) is 6.07. The Balaban J connectivity index is 1.59. The molecule has 43 heavy (non-hydrogen) atoms. The van der Waals surface area contributed by atoms with Gasteiger partial charge in [0.2, 0.25) is 5.91 Å². The summed E-state index contributed by atoms with van der Waals surface area (Å²) in [5, 5.41) is 8.95. The van der Waals surface area contributed by atoms with Gasteiger partial charge in [-0.25, -0.2) is 17.8 Å². The lowest BCUT2D eigenvalue weighted by molar-refractivity contribution is -0.141. The van der Waals surface area contributed by atoms with Gasteiger partial charge in [-0.2, -0.15) is 13.2 Å². The molecule has 1 fully saturated rings. The summed E-state index contributed by atoms with van der Waals surface area (Å²) in [4.78, 5) is 30.8. The van der Waals surface area contributed by atoms with Crippen LogP contribution in [0.2, 0.25) is 0 Å². The number of carboxylic acid groups (broad SMARTS) is 1. The van der Waals surface area contributed by atoms with E-state index in [1.54, 1.807) is 0 Å². The van der Waals surface area contributed by atoms with Crippen molar-refractivity contribution in [1.29, 1.82) is 0 Å². The molecule has 2 aromatic carbocycles. The first-order chi connectivity index (χ1) is 20.3. The molecule has 1 saturated heterocycles. The zero-order valence-corrected chi connectivity index (χ0v) is 23.5. The highest BCUT2D eigenvalue weighted by Crippen LogP contribution is 2.41. The largest absolute Gasteiger partial charge is 0.497 e. The number of nitrogens with zero attached hydrogens (tertiary/aromatic N) is 4. The summed E-state index contributed by atoms with van der Waals surface area (Å²) in [6, 6.07) is 8.14. The maximum atomic E-state index is 14.3. The molecule has 5 rings (SSSR count). The molecule has 15 heteroatoms. The Bertz CT molecular complexity index is 1680. The molecule has 1 N–H and O–H groups in total. The Hall–Kier alpha value is -4.40. The second kappa shape index (κ2) is 11.4. The van der Waals surface area contributed by atoms with Gasteiger partial charge >= 0.3 is 12.1 Å². The molecule has 0 unspecified atom stereocenters. The van der Waals surface area contributed by atoms with E-state index in [0.29, 0.717) is 17.2 Å². The third-order valence-corrected chi connectivity index (χ3v) is 9.12. The minimum atomic E-state index is -4.78. The lowest BCUT2D eigenvalue weighted by Gasteiger charge is -2.48. The van der Waals surface area contributed by atoms with Crippen molar-refractivity contribution in [3.05, 3.63) is 66.1 Å². The normalized spacial score (nSPS) is 16.9. The molecule has 0 spiro atoms. The highest BCUT2D eigenvalue weighted by atomic mass is 32.2. The average Bonchev–Trinajstić information content (AvgIpc) is 2.98. The Kier molecular flexibility index (Phi) is 7.94. The number of carbonyl (C=O) groups is 2. The smallest absolute Gasteiger partial charge is 0.416 e. The Morgan fingerprint density at radius 3 is 2.51 bits per heavy atom. The number of methoxy groups -OCH3 is 1. The van der Waals surface area contributed by atoms with Crippen LogP contribution < -0.4 is 13.9 Å². The zero-order chi connectivity index (χ0) is 31.1. The molecule has 2 aliphatic rings. The highest BCUT2D eigenvalue weighted by Gasteiger charge is 2.42. The number of hydrogen-bond acceptors (Lipinski definition) is 7. The number of carboxylic acids is 1. The van der Waals surface area contributed by atoms with Crippen LogP contribution >= 0.6 is 0 Å². The van der Waals surface area contributed by atoms with Crippen LogP contribution in [0, 0.1) is 5.82 Å². The van der Waals surface area contributed by atoms with E-state index >= 15 is 0 Å². The first-order valence-corrected chi connectivity index (χ1v) is 14.5. The van der Waals surface area contributed by atoms with E-state index in [-0.39, 0.29) is 56.3 Å². The van der Waals surface area contributed by atoms with E-state index in [1.807, 2.05) is 4.90 Å². The molecule has 10 nitrogen and oxygen atoms in total. The lowest BCUT2D eigenvalue weighted by atomic mass is 10.0. The molecule has 228 valence electrons. The van der Waals surface area contributed by atoms with Crippen molar-refractivity contribution in [3.8, 4) is 16.9 Å². The minimum Gasteiger partial charge on any atom is -0.497 e. The summed E-state index contributed by atoms with van der Waals surface area (Å²) in [7, 11) is -3.24. The monoisotopic (exact) mass is 622 g/mol. The average molecular weight is 623 g/mol.